The molecule has 2 heterocycles. The van der Waals surface area contributed by atoms with E-state index in [1.807, 2.05) is 0 Å². The molecule has 0 radical (unpaired) electrons. The molecule has 2 aliphatic heterocycles. The molecular formula is C14H26N2O2. The van der Waals surface area contributed by atoms with Crippen molar-refractivity contribution in [2.24, 2.45) is 0 Å². The van der Waals surface area contributed by atoms with E-state index in [-0.39, 0.29) is 0 Å². The summed E-state index contributed by atoms with van der Waals surface area (Å²) in [7, 11) is 0. The van der Waals surface area contributed by atoms with Crippen molar-refractivity contribution in [3.63, 3.8) is 0 Å². The Morgan fingerprint density at radius 1 is 1.11 bits per heavy atom. The quantitative estimate of drug-likeness (QED) is 0.831. The second-order valence-electron chi connectivity index (χ2n) is 5.73. The first kappa shape index (κ1) is 13.8. The standard InChI is InChI=1S/C14H26N2O2/c1-2-8-15-9-5-6-14(7-12-15,13(17)18)16-10-3-4-11-16/h2-12H2,1H3,(H,17,18). The largest absolute Gasteiger partial charge is 0.480 e. The number of nitrogens with zero attached hydrogens (tertiary/aromatic N) is 2. The number of rotatable bonds is 4. The van der Waals surface area contributed by atoms with Gasteiger partial charge in [0, 0.05) is 6.54 Å². The maximum atomic E-state index is 11.8. The van der Waals surface area contributed by atoms with Crippen molar-refractivity contribution in [1.82, 2.24) is 9.80 Å². The Bertz CT molecular complexity index is 290. The van der Waals surface area contributed by atoms with Crippen molar-refractivity contribution in [3.05, 3.63) is 0 Å². The zero-order valence-electron chi connectivity index (χ0n) is 11.5. The van der Waals surface area contributed by atoms with Crippen LogP contribution in [0.3, 0.4) is 0 Å². The predicted molar refractivity (Wildman–Crippen MR) is 71.8 cm³/mol. The van der Waals surface area contributed by atoms with E-state index in [2.05, 4.69) is 16.7 Å². The van der Waals surface area contributed by atoms with Crippen molar-refractivity contribution in [1.29, 1.82) is 0 Å². The van der Waals surface area contributed by atoms with Crippen molar-refractivity contribution >= 4 is 5.97 Å². The minimum Gasteiger partial charge on any atom is -0.480 e. The summed E-state index contributed by atoms with van der Waals surface area (Å²) < 4.78 is 0. The Morgan fingerprint density at radius 2 is 1.83 bits per heavy atom. The van der Waals surface area contributed by atoms with Gasteiger partial charge in [0.05, 0.1) is 0 Å². The van der Waals surface area contributed by atoms with Gasteiger partial charge in [-0.15, -0.1) is 0 Å². The van der Waals surface area contributed by atoms with Gasteiger partial charge in [-0.05, 0) is 64.7 Å². The van der Waals surface area contributed by atoms with Gasteiger partial charge in [-0.3, -0.25) is 9.69 Å². The Morgan fingerprint density at radius 3 is 2.44 bits per heavy atom. The number of carboxylic acids is 1. The van der Waals surface area contributed by atoms with Crippen LogP contribution in [0.4, 0.5) is 0 Å². The number of hydrogen-bond donors (Lipinski definition) is 1. The van der Waals surface area contributed by atoms with Gasteiger partial charge in [0.25, 0.3) is 0 Å². The molecule has 2 rings (SSSR count). The van der Waals surface area contributed by atoms with Gasteiger partial charge in [0.2, 0.25) is 0 Å². The molecule has 0 amide bonds. The van der Waals surface area contributed by atoms with Crippen molar-refractivity contribution in [2.45, 2.75) is 51.0 Å². The number of carboxylic acid groups (broad SMARTS) is 1. The van der Waals surface area contributed by atoms with Crippen LogP contribution >= 0.6 is 0 Å². The number of aliphatic carboxylic acids is 1. The van der Waals surface area contributed by atoms with Crippen molar-refractivity contribution in [2.75, 3.05) is 32.7 Å². The summed E-state index contributed by atoms with van der Waals surface area (Å²) in [6.07, 6.45) is 6.11. The maximum absolute atomic E-state index is 11.8. The molecule has 1 N–H and O–H groups in total. The molecule has 0 aromatic heterocycles. The fourth-order valence-corrected chi connectivity index (χ4v) is 3.53. The van der Waals surface area contributed by atoms with Crippen molar-refractivity contribution < 1.29 is 9.90 Å². The van der Waals surface area contributed by atoms with E-state index in [4.69, 9.17) is 0 Å². The van der Waals surface area contributed by atoms with Gasteiger partial charge in [0.1, 0.15) is 5.54 Å². The fourth-order valence-electron chi connectivity index (χ4n) is 3.53. The third kappa shape index (κ3) is 2.69. The van der Waals surface area contributed by atoms with Crippen LogP contribution < -0.4 is 0 Å². The fraction of sp³-hybridized carbons (Fsp3) is 0.929. The van der Waals surface area contributed by atoms with Crippen LogP contribution in [0.5, 0.6) is 0 Å². The molecule has 104 valence electrons. The second kappa shape index (κ2) is 6.02. The van der Waals surface area contributed by atoms with Crippen LogP contribution in [-0.4, -0.2) is 59.1 Å². The van der Waals surface area contributed by atoms with Gasteiger partial charge in [-0.1, -0.05) is 6.92 Å². The van der Waals surface area contributed by atoms with Crippen LogP contribution in [0.15, 0.2) is 0 Å². The van der Waals surface area contributed by atoms with Crippen LogP contribution in [0.2, 0.25) is 0 Å². The molecule has 1 atom stereocenters. The lowest BCUT2D eigenvalue weighted by Gasteiger charge is -2.37. The average Bonchev–Trinajstić information content (AvgIpc) is 2.79. The average molecular weight is 254 g/mol. The van der Waals surface area contributed by atoms with Crippen LogP contribution in [-0.2, 0) is 4.79 Å². The summed E-state index contributed by atoms with van der Waals surface area (Å²) in [5.74, 6) is -0.595. The van der Waals surface area contributed by atoms with Gasteiger partial charge in [0.15, 0.2) is 0 Å². The van der Waals surface area contributed by atoms with E-state index < -0.39 is 11.5 Å². The molecule has 2 fully saturated rings. The first-order valence-electron chi connectivity index (χ1n) is 7.40. The van der Waals surface area contributed by atoms with E-state index >= 15 is 0 Å². The van der Waals surface area contributed by atoms with Crippen LogP contribution in [0, 0.1) is 0 Å². The first-order valence-corrected chi connectivity index (χ1v) is 7.40. The lowest BCUT2D eigenvalue weighted by molar-refractivity contribution is -0.152. The number of hydrogen-bond acceptors (Lipinski definition) is 3. The molecule has 0 saturated carbocycles. The van der Waals surface area contributed by atoms with E-state index in [0.717, 1.165) is 71.2 Å². The monoisotopic (exact) mass is 254 g/mol. The minimum atomic E-state index is -0.595. The molecule has 0 bridgehead atoms. The lowest BCUT2D eigenvalue weighted by atomic mass is 9.89. The second-order valence-corrected chi connectivity index (χ2v) is 5.73. The van der Waals surface area contributed by atoms with E-state index in [1.54, 1.807) is 0 Å². The third-order valence-corrected chi connectivity index (χ3v) is 4.56. The van der Waals surface area contributed by atoms with Gasteiger partial charge < -0.3 is 10.0 Å². The topological polar surface area (TPSA) is 43.8 Å². The molecule has 0 aliphatic carbocycles. The maximum Gasteiger partial charge on any atom is 0.324 e. The number of likely N-dealkylation sites (tertiary alicyclic amines) is 2. The summed E-state index contributed by atoms with van der Waals surface area (Å²) in [6.45, 7) is 7.25. The minimum absolute atomic E-state index is 0.570. The first-order chi connectivity index (χ1) is 8.69. The molecule has 0 aromatic carbocycles. The third-order valence-electron chi connectivity index (χ3n) is 4.56. The summed E-state index contributed by atoms with van der Waals surface area (Å²) in [5.41, 5.74) is -0.570. The highest BCUT2D eigenvalue weighted by atomic mass is 16.4. The zero-order chi connectivity index (χ0) is 13.0. The summed E-state index contributed by atoms with van der Waals surface area (Å²) in [4.78, 5) is 16.5. The normalized spacial score (nSPS) is 31.4. The summed E-state index contributed by atoms with van der Waals surface area (Å²) >= 11 is 0. The number of carbonyl (C=O) groups is 1. The highest BCUT2D eigenvalue weighted by molar-refractivity contribution is 5.79. The van der Waals surface area contributed by atoms with E-state index in [1.165, 1.54) is 0 Å². The van der Waals surface area contributed by atoms with Gasteiger partial charge >= 0.3 is 5.97 Å². The highest BCUT2D eigenvalue weighted by Gasteiger charge is 2.45. The van der Waals surface area contributed by atoms with E-state index in [9.17, 15) is 9.90 Å². The lowest BCUT2D eigenvalue weighted by Crippen LogP contribution is -2.54. The Balaban J connectivity index is 2.08. The molecule has 0 spiro atoms. The van der Waals surface area contributed by atoms with Crippen LogP contribution in [0.25, 0.3) is 0 Å². The van der Waals surface area contributed by atoms with Gasteiger partial charge in [-0.2, -0.15) is 0 Å². The molecule has 4 nitrogen and oxygen atoms in total. The summed E-state index contributed by atoms with van der Waals surface area (Å²) in [6, 6.07) is 0. The SMILES string of the molecule is CCCN1CCCC(C(=O)O)(N2CCCC2)CC1. The molecule has 2 saturated heterocycles. The predicted octanol–water partition coefficient (Wildman–Crippen LogP) is 1.80. The molecule has 4 heteroatoms. The van der Waals surface area contributed by atoms with Crippen molar-refractivity contribution in [3.8, 4) is 0 Å². The molecule has 1 unspecified atom stereocenters. The van der Waals surface area contributed by atoms with Gasteiger partial charge in [-0.25, -0.2) is 0 Å². The Hall–Kier alpha value is -0.610. The Kier molecular flexibility index (Phi) is 4.62. The Labute approximate surface area is 110 Å². The highest BCUT2D eigenvalue weighted by Crippen LogP contribution is 2.32. The molecule has 2 aliphatic rings. The molecular weight excluding hydrogens is 228 g/mol. The zero-order valence-corrected chi connectivity index (χ0v) is 11.5. The van der Waals surface area contributed by atoms with E-state index in [0.29, 0.717) is 0 Å². The smallest absolute Gasteiger partial charge is 0.324 e. The molecule has 0 aromatic rings. The molecule has 18 heavy (non-hydrogen) atoms. The summed E-state index contributed by atoms with van der Waals surface area (Å²) in [5, 5.41) is 9.73. The van der Waals surface area contributed by atoms with Crippen LogP contribution in [0.1, 0.15) is 45.4 Å².